The number of ether oxygens (including phenoxy) is 5. The standard InChI is InChI=1S/C23H26O6/c1-23(2)10-9-16-18(29-23)8-7-15(22(16)28-6)17(24)11-14-12-20(26-4)21(27-5)13-19(14)25-3/h7-10,12-13H,11H2,1-6H3. The number of hydrogen-bond donors (Lipinski definition) is 0. The van der Waals surface area contributed by atoms with Gasteiger partial charge in [0.2, 0.25) is 0 Å². The molecule has 1 aliphatic rings. The molecule has 6 heteroatoms. The summed E-state index contributed by atoms with van der Waals surface area (Å²) in [5.41, 5.74) is 1.53. The fourth-order valence-electron chi connectivity index (χ4n) is 3.37. The molecular formula is C23H26O6. The number of hydrogen-bond acceptors (Lipinski definition) is 6. The van der Waals surface area contributed by atoms with Crippen LogP contribution >= 0.6 is 0 Å². The number of carbonyl (C=O) groups is 1. The number of rotatable bonds is 7. The number of methoxy groups -OCH3 is 4. The van der Waals surface area contributed by atoms with Gasteiger partial charge in [0.1, 0.15) is 22.8 Å². The molecule has 2 aromatic rings. The molecule has 0 saturated heterocycles. The maximum absolute atomic E-state index is 13.2. The highest BCUT2D eigenvalue weighted by molar-refractivity contribution is 6.02. The first-order chi connectivity index (χ1) is 13.8. The van der Waals surface area contributed by atoms with Crippen LogP contribution in [0.1, 0.15) is 35.3 Å². The zero-order valence-electron chi connectivity index (χ0n) is 17.6. The number of fused-ring (bicyclic) bond motifs is 1. The first-order valence-electron chi connectivity index (χ1n) is 9.25. The Morgan fingerprint density at radius 2 is 1.59 bits per heavy atom. The number of benzene rings is 2. The van der Waals surface area contributed by atoms with E-state index in [2.05, 4.69) is 0 Å². The van der Waals surface area contributed by atoms with Gasteiger partial charge in [-0.1, -0.05) is 0 Å². The summed E-state index contributed by atoms with van der Waals surface area (Å²) >= 11 is 0. The predicted molar refractivity (Wildman–Crippen MR) is 111 cm³/mol. The average molecular weight is 398 g/mol. The largest absolute Gasteiger partial charge is 0.496 e. The van der Waals surface area contributed by atoms with E-state index in [0.29, 0.717) is 39.9 Å². The van der Waals surface area contributed by atoms with Crippen molar-refractivity contribution in [3.05, 3.63) is 47.0 Å². The predicted octanol–water partition coefficient (Wildman–Crippen LogP) is 4.33. The maximum atomic E-state index is 13.2. The molecule has 1 aliphatic heterocycles. The molecule has 0 amide bonds. The lowest BCUT2D eigenvalue weighted by molar-refractivity contribution is 0.0988. The van der Waals surface area contributed by atoms with Crippen LogP contribution in [0.4, 0.5) is 0 Å². The molecule has 0 aromatic heterocycles. The molecule has 0 saturated carbocycles. The van der Waals surface area contributed by atoms with Gasteiger partial charge in [0.25, 0.3) is 0 Å². The van der Waals surface area contributed by atoms with Gasteiger partial charge in [-0.25, -0.2) is 0 Å². The molecule has 0 spiro atoms. The van der Waals surface area contributed by atoms with Crippen LogP contribution in [0.2, 0.25) is 0 Å². The van der Waals surface area contributed by atoms with Gasteiger partial charge in [-0.05, 0) is 44.2 Å². The van der Waals surface area contributed by atoms with E-state index in [4.69, 9.17) is 23.7 Å². The number of carbonyl (C=O) groups excluding carboxylic acids is 1. The minimum Gasteiger partial charge on any atom is -0.496 e. The highest BCUT2D eigenvalue weighted by atomic mass is 16.5. The van der Waals surface area contributed by atoms with Gasteiger partial charge < -0.3 is 23.7 Å². The summed E-state index contributed by atoms with van der Waals surface area (Å²) in [6.45, 7) is 3.95. The van der Waals surface area contributed by atoms with Crippen LogP contribution in [-0.4, -0.2) is 39.8 Å². The van der Waals surface area contributed by atoms with Gasteiger partial charge in [-0.2, -0.15) is 0 Å². The summed E-state index contributed by atoms with van der Waals surface area (Å²) in [6.07, 6.45) is 4.00. The Hall–Kier alpha value is -3.15. The first kappa shape index (κ1) is 20.6. The molecule has 1 heterocycles. The Bertz CT molecular complexity index is 958. The molecule has 0 unspecified atom stereocenters. The van der Waals surface area contributed by atoms with Crippen molar-refractivity contribution in [3.8, 4) is 28.7 Å². The minimum atomic E-state index is -0.406. The molecule has 0 radical (unpaired) electrons. The molecular weight excluding hydrogens is 372 g/mol. The van der Waals surface area contributed by atoms with Crippen molar-refractivity contribution in [1.82, 2.24) is 0 Å². The second kappa shape index (κ2) is 8.07. The quantitative estimate of drug-likeness (QED) is 0.647. The summed E-state index contributed by atoms with van der Waals surface area (Å²) < 4.78 is 27.7. The smallest absolute Gasteiger partial charge is 0.171 e. The van der Waals surface area contributed by atoms with Crippen LogP contribution in [0.15, 0.2) is 30.3 Å². The van der Waals surface area contributed by atoms with E-state index in [9.17, 15) is 4.79 Å². The lowest BCUT2D eigenvalue weighted by Crippen LogP contribution is -2.27. The molecule has 2 aromatic carbocycles. The van der Waals surface area contributed by atoms with Crippen LogP contribution in [0, 0.1) is 0 Å². The van der Waals surface area contributed by atoms with E-state index in [1.54, 1.807) is 46.6 Å². The SMILES string of the molecule is COc1cc(OC)c(OC)cc1CC(=O)c1ccc2c(c1OC)C=CC(C)(C)O2. The molecule has 6 nitrogen and oxygen atoms in total. The summed E-state index contributed by atoms with van der Waals surface area (Å²) in [5, 5.41) is 0. The molecule has 0 aliphatic carbocycles. The average Bonchev–Trinajstić information content (AvgIpc) is 2.71. The highest BCUT2D eigenvalue weighted by Gasteiger charge is 2.27. The molecule has 3 rings (SSSR count). The number of ketones is 1. The van der Waals surface area contributed by atoms with E-state index in [1.807, 2.05) is 32.1 Å². The molecule has 29 heavy (non-hydrogen) atoms. The minimum absolute atomic E-state index is 0.103. The van der Waals surface area contributed by atoms with Crippen molar-refractivity contribution in [2.24, 2.45) is 0 Å². The lowest BCUT2D eigenvalue weighted by atomic mass is 9.95. The topological polar surface area (TPSA) is 63.2 Å². The van der Waals surface area contributed by atoms with Crippen LogP contribution < -0.4 is 23.7 Å². The third-order valence-corrected chi connectivity index (χ3v) is 4.82. The van der Waals surface area contributed by atoms with Gasteiger partial charge in [-0.15, -0.1) is 0 Å². The fourth-order valence-corrected chi connectivity index (χ4v) is 3.37. The fraction of sp³-hybridized carbons (Fsp3) is 0.348. The van der Waals surface area contributed by atoms with Crippen molar-refractivity contribution in [3.63, 3.8) is 0 Å². The molecule has 154 valence electrons. The third-order valence-electron chi connectivity index (χ3n) is 4.82. The van der Waals surface area contributed by atoms with E-state index >= 15 is 0 Å². The van der Waals surface area contributed by atoms with Crippen molar-refractivity contribution in [2.45, 2.75) is 25.9 Å². The molecule has 0 bridgehead atoms. The van der Waals surface area contributed by atoms with Crippen LogP contribution in [0.25, 0.3) is 6.08 Å². The van der Waals surface area contributed by atoms with Crippen molar-refractivity contribution < 1.29 is 28.5 Å². The van der Waals surface area contributed by atoms with Crippen molar-refractivity contribution in [2.75, 3.05) is 28.4 Å². The van der Waals surface area contributed by atoms with Gasteiger partial charge in [0, 0.05) is 18.1 Å². The Morgan fingerprint density at radius 1 is 0.931 bits per heavy atom. The van der Waals surface area contributed by atoms with E-state index < -0.39 is 5.60 Å². The molecule has 0 N–H and O–H groups in total. The molecule has 0 fully saturated rings. The Kier molecular flexibility index (Phi) is 5.73. The highest BCUT2D eigenvalue weighted by Crippen LogP contribution is 2.40. The van der Waals surface area contributed by atoms with Gasteiger partial charge in [-0.3, -0.25) is 4.79 Å². The van der Waals surface area contributed by atoms with Crippen LogP contribution in [0.3, 0.4) is 0 Å². The summed E-state index contributed by atoms with van der Waals surface area (Å²) in [4.78, 5) is 13.2. The number of Topliss-reactive ketones (excluding diaryl/α,β-unsaturated/α-hetero) is 1. The van der Waals surface area contributed by atoms with E-state index in [-0.39, 0.29) is 12.2 Å². The van der Waals surface area contributed by atoms with E-state index in [0.717, 1.165) is 5.56 Å². The van der Waals surface area contributed by atoms with Gasteiger partial charge in [0.05, 0.1) is 39.6 Å². The third kappa shape index (κ3) is 4.01. The Labute approximate surface area is 171 Å². The van der Waals surface area contributed by atoms with Gasteiger partial charge in [0.15, 0.2) is 17.3 Å². The van der Waals surface area contributed by atoms with Gasteiger partial charge >= 0.3 is 0 Å². The Morgan fingerprint density at radius 3 is 2.21 bits per heavy atom. The second-order valence-electron chi connectivity index (χ2n) is 7.22. The van der Waals surface area contributed by atoms with Crippen LogP contribution in [0.5, 0.6) is 28.7 Å². The molecule has 0 atom stereocenters. The summed E-state index contributed by atoms with van der Waals surface area (Å²) in [5.74, 6) is 2.71. The zero-order valence-corrected chi connectivity index (χ0v) is 17.6. The summed E-state index contributed by atoms with van der Waals surface area (Å²) in [7, 11) is 6.21. The normalized spacial score (nSPS) is 13.9. The van der Waals surface area contributed by atoms with Crippen LogP contribution in [-0.2, 0) is 6.42 Å². The Balaban J connectivity index is 1.98. The monoisotopic (exact) mass is 398 g/mol. The second-order valence-corrected chi connectivity index (χ2v) is 7.22. The van der Waals surface area contributed by atoms with Crippen molar-refractivity contribution in [1.29, 1.82) is 0 Å². The summed E-state index contributed by atoms with van der Waals surface area (Å²) in [6, 6.07) is 7.01. The maximum Gasteiger partial charge on any atom is 0.171 e. The van der Waals surface area contributed by atoms with E-state index in [1.165, 1.54) is 0 Å². The van der Waals surface area contributed by atoms with Crippen molar-refractivity contribution >= 4 is 11.9 Å². The zero-order chi connectivity index (χ0) is 21.2. The first-order valence-corrected chi connectivity index (χ1v) is 9.25. The lowest BCUT2D eigenvalue weighted by Gasteiger charge is -2.29.